The standard InChI is InChI=1S/C29H33ClN2O2/c1-20(2)31-29(34)27(17-23-9-6-5-7-10-23)32(19-24-11-8-12-26(30)16-24)28(33)18-25-14-21(3)13-22(4)15-25/h5-16,20,27H,17-19H2,1-4H3,(H,31,34)/t27-/m0/s1. The van der Waals surface area contributed by atoms with Crippen molar-refractivity contribution in [2.45, 2.75) is 59.2 Å². The first-order chi connectivity index (χ1) is 16.2. The molecule has 4 nitrogen and oxygen atoms in total. The summed E-state index contributed by atoms with van der Waals surface area (Å²) in [6.45, 7) is 8.21. The predicted octanol–water partition coefficient (Wildman–Crippen LogP) is 5.66. The molecular formula is C29H33ClN2O2. The lowest BCUT2D eigenvalue weighted by Gasteiger charge is -2.32. The lowest BCUT2D eigenvalue weighted by atomic mass is 10.00. The molecule has 34 heavy (non-hydrogen) atoms. The van der Waals surface area contributed by atoms with Crippen LogP contribution in [0.15, 0.2) is 72.8 Å². The second kappa shape index (κ2) is 11.8. The van der Waals surface area contributed by atoms with Gasteiger partial charge in [0, 0.05) is 24.0 Å². The Hall–Kier alpha value is -3.11. The number of benzene rings is 3. The highest BCUT2D eigenvalue weighted by Crippen LogP contribution is 2.19. The molecular weight excluding hydrogens is 444 g/mol. The maximum atomic E-state index is 13.8. The summed E-state index contributed by atoms with van der Waals surface area (Å²) in [5.74, 6) is -0.250. The Kier molecular flexibility index (Phi) is 8.89. The van der Waals surface area contributed by atoms with Crippen molar-refractivity contribution >= 4 is 23.4 Å². The van der Waals surface area contributed by atoms with Crippen LogP contribution < -0.4 is 5.32 Å². The number of rotatable bonds is 9. The average molecular weight is 477 g/mol. The Morgan fingerprint density at radius 3 is 2.12 bits per heavy atom. The van der Waals surface area contributed by atoms with E-state index in [0.717, 1.165) is 27.8 Å². The van der Waals surface area contributed by atoms with Crippen LogP contribution in [0.25, 0.3) is 0 Å². The van der Waals surface area contributed by atoms with E-state index in [0.29, 0.717) is 18.0 Å². The van der Waals surface area contributed by atoms with Gasteiger partial charge in [-0.15, -0.1) is 0 Å². The zero-order chi connectivity index (χ0) is 24.7. The van der Waals surface area contributed by atoms with Crippen LogP contribution in [0, 0.1) is 13.8 Å². The lowest BCUT2D eigenvalue weighted by molar-refractivity contribution is -0.141. The van der Waals surface area contributed by atoms with Crippen LogP contribution in [-0.2, 0) is 29.0 Å². The molecule has 3 rings (SSSR count). The van der Waals surface area contributed by atoms with Crippen molar-refractivity contribution in [1.29, 1.82) is 0 Å². The quantitative estimate of drug-likeness (QED) is 0.433. The van der Waals surface area contributed by atoms with Crippen LogP contribution in [-0.4, -0.2) is 28.8 Å². The van der Waals surface area contributed by atoms with Crippen LogP contribution in [0.2, 0.25) is 5.02 Å². The molecule has 0 saturated carbocycles. The molecule has 2 amide bonds. The molecule has 178 valence electrons. The largest absolute Gasteiger partial charge is 0.352 e. The summed E-state index contributed by atoms with van der Waals surface area (Å²) in [4.78, 5) is 28.9. The second-order valence-corrected chi connectivity index (χ2v) is 9.63. The molecule has 0 unspecified atom stereocenters. The Morgan fingerprint density at radius 2 is 1.50 bits per heavy atom. The maximum absolute atomic E-state index is 13.8. The van der Waals surface area contributed by atoms with Crippen molar-refractivity contribution in [2.75, 3.05) is 0 Å². The van der Waals surface area contributed by atoms with Gasteiger partial charge in [0.2, 0.25) is 11.8 Å². The smallest absolute Gasteiger partial charge is 0.243 e. The summed E-state index contributed by atoms with van der Waals surface area (Å²) in [5.41, 5.74) is 5.06. The first-order valence-corrected chi connectivity index (χ1v) is 12.0. The third-order valence-electron chi connectivity index (χ3n) is 5.58. The highest BCUT2D eigenvalue weighted by molar-refractivity contribution is 6.30. The third kappa shape index (κ3) is 7.46. The van der Waals surface area contributed by atoms with Gasteiger partial charge in [-0.25, -0.2) is 0 Å². The van der Waals surface area contributed by atoms with Crippen LogP contribution in [0.4, 0.5) is 0 Å². The SMILES string of the molecule is Cc1cc(C)cc(CC(=O)N(Cc2cccc(Cl)c2)[C@@H](Cc2ccccc2)C(=O)NC(C)C)c1. The van der Waals surface area contributed by atoms with E-state index >= 15 is 0 Å². The number of hydrogen-bond donors (Lipinski definition) is 1. The van der Waals surface area contributed by atoms with Gasteiger partial charge in [0.05, 0.1) is 6.42 Å². The molecule has 1 atom stereocenters. The molecule has 3 aromatic carbocycles. The van der Waals surface area contributed by atoms with Crippen molar-refractivity contribution in [1.82, 2.24) is 10.2 Å². The molecule has 1 N–H and O–H groups in total. The Morgan fingerprint density at radius 1 is 0.853 bits per heavy atom. The highest BCUT2D eigenvalue weighted by Gasteiger charge is 2.30. The molecule has 0 aliphatic rings. The minimum absolute atomic E-state index is 0.0340. The molecule has 0 aromatic heterocycles. The van der Waals surface area contributed by atoms with Gasteiger partial charge in [0.1, 0.15) is 6.04 Å². The Balaban J connectivity index is 1.99. The zero-order valence-corrected chi connectivity index (χ0v) is 21.1. The molecule has 0 fully saturated rings. The number of halogens is 1. The van der Waals surface area contributed by atoms with Gasteiger partial charge in [-0.05, 0) is 56.5 Å². The molecule has 5 heteroatoms. The topological polar surface area (TPSA) is 49.4 Å². The van der Waals surface area contributed by atoms with Crippen LogP contribution in [0.5, 0.6) is 0 Å². The van der Waals surface area contributed by atoms with Crippen molar-refractivity contribution in [3.05, 3.63) is 106 Å². The third-order valence-corrected chi connectivity index (χ3v) is 5.82. The molecule has 0 spiro atoms. The first kappa shape index (κ1) is 25.5. The van der Waals surface area contributed by atoms with Gasteiger partial charge in [-0.1, -0.05) is 83.4 Å². The molecule has 0 aliphatic carbocycles. The number of carbonyl (C=O) groups excluding carboxylic acids is 2. The van der Waals surface area contributed by atoms with E-state index in [9.17, 15) is 9.59 Å². The lowest BCUT2D eigenvalue weighted by Crippen LogP contribution is -2.52. The minimum Gasteiger partial charge on any atom is -0.352 e. The number of nitrogens with zero attached hydrogens (tertiary/aromatic N) is 1. The molecule has 0 radical (unpaired) electrons. The number of carbonyl (C=O) groups is 2. The fourth-order valence-corrected chi connectivity index (χ4v) is 4.43. The van der Waals surface area contributed by atoms with E-state index in [1.165, 1.54) is 0 Å². The Bertz CT molecular complexity index is 1110. The fourth-order valence-electron chi connectivity index (χ4n) is 4.21. The minimum atomic E-state index is -0.651. The van der Waals surface area contributed by atoms with Gasteiger partial charge in [0.15, 0.2) is 0 Å². The fraction of sp³-hybridized carbons (Fsp3) is 0.310. The van der Waals surface area contributed by atoms with Gasteiger partial charge in [-0.2, -0.15) is 0 Å². The van der Waals surface area contributed by atoms with Gasteiger partial charge >= 0.3 is 0 Å². The van der Waals surface area contributed by atoms with E-state index in [1.54, 1.807) is 11.0 Å². The molecule has 3 aromatic rings. The summed E-state index contributed by atoms with van der Waals surface area (Å²) in [5, 5.41) is 3.62. The summed E-state index contributed by atoms with van der Waals surface area (Å²) in [6.07, 6.45) is 0.655. The van der Waals surface area contributed by atoms with Crippen molar-refractivity contribution in [3.63, 3.8) is 0 Å². The summed E-state index contributed by atoms with van der Waals surface area (Å²) in [6, 6.07) is 22.7. The van der Waals surface area contributed by atoms with Gasteiger partial charge < -0.3 is 10.2 Å². The number of hydrogen-bond acceptors (Lipinski definition) is 2. The van der Waals surface area contributed by atoms with Crippen LogP contribution >= 0.6 is 11.6 Å². The van der Waals surface area contributed by atoms with Gasteiger partial charge in [0.25, 0.3) is 0 Å². The van der Waals surface area contributed by atoms with Crippen molar-refractivity contribution in [3.8, 4) is 0 Å². The predicted molar refractivity (Wildman–Crippen MR) is 139 cm³/mol. The highest BCUT2D eigenvalue weighted by atomic mass is 35.5. The van der Waals surface area contributed by atoms with Crippen molar-refractivity contribution < 1.29 is 9.59 Å². The molecule has 0 saturated heterocycles. The van der Waals surface area contributed by atoms with E-state index in [1.807, 2.05) is 88.4 Å². The van der Waals surface area contributed by atoms with E-state index in [2.05, 4.69) is 11.4 Å². The summed E-state index contributed by atoms with van der Waals surface area (Å²) in [7, 11) is 0. The van der Waals surface area contributed by atoms with E-state index in [-0.39, 0.29) is 24.3 Å². The summed E-state index contributed by atoms with van der Waals surface area (Å²) >= 11 is 6.23. The van der Waals surface area contributed by atoms with E-state index < -0.39 is 6.04 Å². The first-order valence-electron chi connectivity index (χ1n) is 11.7. The normalized spacial score (nSPS) is 11.8. The number of nitrogens with one attached hydrogen (secondary N) is 1. The second-order valence-electron chi connectivity index (χ2n) is 9.19. The van der Waals surface area contributed by atoms with Crippen LogP contribution in [0.1, 0.15) is 41.7 Å². The molecule has 0 bridgehead atoms. The molecule has 0 aliphatic heterocycles. The number of aryl methyl sites for hydroxylation is 2. The average Bonchev–Trinajstić information content (AvgIpc) is 2.75. The monoisotopic (exact) mass is 476 g/mol. The van der Waals surface area contributed by atoms with Crippen molar-refractivity contribution in [2.24, 2.45) is 0 Å². The van der Waals surface area contributed by atoms with Crippen LogP contribution in [0.3, 0.4) is 0 Å². The van der Waals surface area contributed by atoms with Gasteiger partial charge in [-0.3, -0.25) is 9.59 Å². The Labute approximate surface area is 207 Å². The van der Waals surface area contributed by atoms with E-state index in [4.69, 9.17) is 11.6 Å². The zero-order valence-electron chi connectivity index (χ0n) is 20.3. The molecule has 0 heterocycles. The summed E-state index contributed by atoms with van der Waals surface area (Å²) < 4.78 is 0. The number of amides is 2. The maximum Gasteiger partial charge on any atom is 0.243 e.